The van der Waals surface area contributed by atoms with Gasteiger partial charge in [-0.05, 0) is 92.3 Å². The van der Waals surface area contributed by atoms with Gasteiger partial charge in [0.25, 0.3) is 0 Å². The van der Waals surface area contributed by atoms with Crippen LogP contribution >= 0.6 is 0 Å². The summed E-state index contributed by atoms with van der Waals surface area (Å²) in [6.45, 7) is 16.3. The van der Waals surface area contributed by atoms with Crippen LogP contribution in [0.5, 0.6) is 0 Å². The van der Waals surface area contributed by atoms with Crippen LogP contribution < -0.4 is 11.2 Å². The molecule has 4 heteroatoms. The number of hydrogen-bond acceptors (Lipinski definition) is 2. The predicted octanol–water partition coefficient (Wildman–Crippen LogP) is 7.30. The summed E-state index contributed by atoms with van der Waals surface area (Å²) >= 11 is 0. The van der Waals surface area contributed by atoms with E-state index in [1.165, 1.54) is 51.4 Å². The van der Waals surface area contributed by atoms with Crippen molar-refractivity contribution in [2.24, 2.45) is 57.2 Å². The van der Waals surface area contributed by atoms with E-state index in [0.717, 1.165) is 54.6 Å². The maximum absolute atomic E-state index is 11.3. The second-order valence-corrected chi connectivity index (χ2v) is 12.2. The summed E-state index contributed by atoms with van der Waals surface area (Å²) in [6, 6.07) is -0.563. The van der Waals surface area contributed by atoms with Crippen LogP contribution in [0.25, 0.3) is 0 Å². The molecule has 0 aromatic heterocycles. The monoisotopic (exact) mass is 443 g/mol. The SMILES string of the molecule is C=CCC[C@]1(C)/C(=N\NC(N)=O)CC[C@H]2[C@H]1CC[C@@]1(C)[C@H]2CC[C@H]1[C@@H](C)CCCC(C)C. The Morgan fingerprint density at radius 2 is 1.94 bits per heavy atom. The van der Waals surface area contributed by atoms with Gasteiger partial charge in [-0.2, -0.15) is 5.10 Å². The summed E-state index contributed by atoms with van der Waals surface area (Å²) in [5, 5.41) is 4.53. The lowest BCUT2D eigenvalue weighted by Crippen LogP contribution is -2.53. The number of primary amides is 1. The number of hydrogen-bond donors (Lipinski definition) is 2. The van der Waals surface area contributed by atoms with Crippen LogP contribution in [0, 0.1) is 46.3 Å². The van der Waals surface area contributed by atoms with Gasteiger partial charge in [0.2, 0.25) is 0 Å². The van der Waals surface area contributed by atoms with E-state index < -0.39 is 6.03 Å². The first-order valence-electron chi connectivity index (χ1n) is 13.4. The largest absolute Gasteiger partial charge is 0.350 e. The third-order valence-electron chi connectivity index (χ3n) is 10.00. The molecule has 0 spiro atoms. The number of carbonyl (C=O) groups excluding carboxylic acids is 1. The zero-order chi connectivity index (χ0) is 23.5. The summed E-state index contributed by atoms with van der Waals surface area (Å²) in [5.74, 6) is 4.81. The van der Waals surface area contributed by atoms with Crippen LogP contribution in [0.1, 0.15) is 105 Å². The highest BCUT2D eigenvalue weighted by atomic mass is 16.2. The van der Waals surface area contributed by atoms with Gasteiger partial charge in [-0.15, -0.1) is 6.58 Å². The number of allylic oxidation sites excluding steroid dienone is 1. The van der Waals surface area contributed by atoms with E-state index in [2.05, 4.69) is 51.7 Å². The van der Waals surface area contributed by atoms with Crippen molar-refractivity contribution in [2.45, 2.75) is 105 Å². The number of nitrogens with zero attached hydrogens (tertiary/aromatic N) is 1. The first-order valence-corrected chi connectivity index (χ1v) is 13.4. The number of nitrogens with one attached hydrogen (secondary N) is 1. The minimum atomic E-state index is -0.563. The van der Waals surface area contributed by atoms with E-state index in [1.807, 2.05) is 6.08 Å². The second kappa shape index (κ2) is 10.3. The van der Waals surface area contributed by atoms with E-state index >= 15 is 0 Å². The molecule has 0 radical (unpaired) electrons. The van der Waals surface area contributed by atoms with Crippen LogP contribution in [0.3, 0.4) is 0 Å². The molecule has 4 nitrogen and oxygen atoms in total. The van der Waals surface area contributed by atoms with Gasteiger partial charge >= 0.3 is 6.03 Å². The molecule has 3 aliphatic carbocycles. The summed E-state index contributed by atoms with van der Waals surface area (Å²) in [5.41, 5.74) is 9.57. The number of nitrogens with two attached hydrogens (primary N) is 1. The predicted molar refractivity (Wildman–Crippen MR) is 135 cm³/mol. The van der Waals surface area contributed by atoms with Gasteiger partial charge in [0.05, 0.1) is 0 Å². The van der Waals surface area contributed by atoms with E-state index in [0.29, 0.717) is 11.3 Å². The van der Waals surface area contributed by atoms with Crippen LogP contribution in [-0.2, 0) is 0 Å². The van der Waals surface area contributed by atoms with Crippen molar-refractivity contribution in [2.75, 3.05) is 0 Å². The molecule has 7 atom stereocenters. The second-order valence-electron chi connectivity index (χ2n) is 12.2. The molecule has 182 valence electrons. The highest BCUT2D eigenvalue weighted by Gasteiger charge is 2.59. The molecular weight excluding hydrogens is 394 g/mol. The Labute approximate surface area is 197 Å². The van der Waals surface area contributed by atoms with E-state index in [-0.39, 0.29) is 5.41 Å². The summed E-state index contributed by atoms with van der Waals surface area (Å²) < 4.78 is 0. The number of amides is 2. The molecule has 0 aromatic rings. The Bertz CT molecular complexity index is 701. The third-order valence-corrected chi connectivity index (χ3v) is 10.00. The minimum absolute atomic E-state index is 0.0296. The number of rotatable bonds is 9. The number of hydrazone groups is 1. The van der Waals surface area contributed by atoms with Crippen molar-refractivity contribution in [3.8, 4) is 0 Å². The first kappa shape index (κ1) is 25.3. The molecule has 0 unspecified atom stereocenters. The molecule has 0 bridgehead atoms. The van der Waals surface area contributed by atoms with E-state index in [9.17, 15) is 4.79 Å². The maximum atomic E-state index is 11.3. The molecular formula is C28H49N3O. The van der Waals surface area contributed by atoms with E-state index in [4.69, 9.17) is 5.73 Å². The normalized spacial score (nSPS) is 38.9. The molecule has 0 aliphatic heterocycles. The average molecular weight is 444 g/mol. The molecule has 3 saturated carbocycles. The molecule has 3 aliphatic rings. The standard InChI is InChI=1S/C28H49N3O/c1-7-8-17-28(6)24-16-18-27(5)22(20(4)11-9-10-19(2)3)13-14-23(27)21(24)12-15-25(28)30-31-26(29)32/h7,19-24H,1,8-18H2,2-6H3,(H3,29,31,32)/b30-25-/t20-,21+,22-,23-,24+,27+,28-/m0/s1. The number of carbonyl (C=O) groups is 1. The molecule has 32 heavy (non-hydrogen) atoms. The Morgan fingerprint density at radius 3 is 2.59 bits per heavy atom. The minimum Gasteiger partial charge on any atom is -0.350 e. The van der Waals surface area contributed by atoms with Crippen molar-refractivity contribution in [1.82, 2.24) is 5.43 Å². The van der Waals surface area contributed by atoms with Crippen molar-refractivity contribution in [3.05, 3.63) is 12.7 Å². The van der Waals surface area contributed by atoms with Crippen molar-refractivity contribution in [1.29, 1.82) is 0 Å². The Kier molecular flexibility index (Phi) is 8.15. The Hall–Kier alpha value is -1.32. The van der Waals surface area contributed by atoms with Gasteiger partial charge in [-0.3, -0.25) is 0 Å². The van der Waals surface area contributed by atoms with Crippen molar-refractivity contribution in [3.63, 3.8) is 0 Å². The summed E-state index contributed by atoms with van der Waals surface area (Å²) in [6.07, 6.45) is 15.9. The van der Waals surface area contributed by atoms with E-state index in [1.54, 1.807) is 0 Å². The lowest BCUT2D eigenvalue weighted by Gasteiger charge is -2.57. The summed E-state index contributed by atoms with van der Waals surface area (Å²) in [7, 11) is 0. The van der Waals surface area contributed by atoms with Gasteiger partial charge < -0.3 is 5.73 Å². The van der Waals surface area contributed by atoms with Gasteiger partial charge in [0.1, 0.15) is 0 Å². The van der Waals surface area contributed by atoms with Gasteiger partial charge in [0.15, 0.2) is 0 Å². The Morgan fingerprint density at radius 1 is 1.19 bits per heavy atom. The number of urea groups is 1. The zero-order valence-electron chi connectivity index (χ0n) is 21.5. The number of fused-ring (bicyclic) bond motifs is 3. The molecule has 0 aromatic carbocycles. The zero-order valence-corrected chi connectivity index (χ0v) is 21.5. The molecule has 3 N–H and O–H groups in total. The first-order chi connectivity index (χ1) is 15.1. The molecule has 0 saturated heterocycles. The lowest BCUT2D eigenvalue weighted by molar-refractivity contribution is -0.0439. The fraction of sp³-hybridized carbons (Fsp3) is 0.857. The van der Waals surface area contributed by atoms with Crippen molar-refractivity contribution >= 4 is 11.7 Å². The third kappa shape index (κ3) is 4.94. The van der Waals surface area contributed by atoms with Gasteiger partial charge in [-0.25, -0.2) is 10.2 Å². The smallest absolute Gasteiger partial charge is 0.332 e. The molecule has 2 amide bonds. The lowest BCUT2D eigenvalue weighted by atomic mass is 9.47. The van der Waals surface area contributed by atoms with Gasteiger partial charge in [-0.1, -0.05) is 60.0 Å². The Balaban J connectivity index is 1.78. The quantitative estimate of drug-likeness (QED) is 0.285. The maximum Gasteiger partial charge on any atom is 0.332 e. The highest BCUT2D eigenvalue weighted by Crippen LogP contribution is 2.66. The molecule has 3 fully saturated rings. The highest BCUT2D eigenvalue weighted by molar-refractivity contribution is 5.92. The van der Waals surface area contributed by atoms with Gasteiger partial charge in [0, 0.05) is 11.1 Å². The van der Waals surface area contributed by atoms with Crippen LogP contribution in [-0.4, -0.2) is 11.7 Å². The summed E-state index contributed by atoms with van der Waals surface area (Å²) in [4.78, 5) is 11.3. The van der Waals surface area contributed by atoms with Crippen LogP contribution in [0.15, 0.2) is 17.8 Å². The topological polar surface area (TPSA) is 67.5 Å². The fourth-order valence-electron chi connectivity index (χ4n) is 8.35. The average Bonchev–Trinajstić information content (AvgIpc) is 3.08. The van der Waals surface area contributed by atoms with Crippen molar-refractivity contribution < 1.29 is 4.79 Å². The molecule has 0 heterocycles. The fourth-order valence-corrected chi connectivity index (χ4v) is 8.35. The van der Waals surface area contributed by atoms with Crippen LogP contribution in [0.4, 0.5) is 4.79 Å². The molecule has 3 rings (SSSR count). The van der Waals surface area contributed by atoms with Crippen LogP contribution in [0.2, 0.25) is 0 Å².